The lowest BCUT2D eigenvalue weighted by Crippen LogP contribution is -2.59. The van der Waals surface area contributed by atoms with Gasteiger partial charge in [-0.3, -0.25) is 4.79 Å². The number of anilines is 1. The summed E-state index contributed by atoms with van der Waals surface area (Å²) in [4.78, 5) is 19.4. The zero-order valence-corrected chi connectivity index (χ0v) is 16.6. The van der Waals surface area contributed by atoms with Gasteiger partial charge in [0, 0.05) is 25.8 Å². The molecule has 1 amide bonds. The molecule has 3 heterocycles. The maximum atomic E-state index is 12.9. The lowest BCUT2D eigenvalue weighted by molar-refractivity contribution is -0.146. The lowest BCUT2D eigenvalue weighted by Gasteiger charge is -2.38. The molecule has 0 saturated carbocycles. The Balaban J connectivity index is 1.69. The minimum Gasteiger partial charge on any atom is -0.366 e. The topological polar surface area (TPSA) is 83.8 Å². The Bertz CT molecular complexity index is 762. The first-order valence-corrected chi connectivity index (χ1v) is 9.64. The molecular weight excluding hydrogens is 344 g/mol. The van der Waals surface area contributed by atoms with Crippen molar-refractivity contribution in [1.82, 2.24) is 24.8 Å². The molecule has 2 aromatic heterocycles. The van der Waals surface area contributed by atoms with E-state index in [0.29, 0.717) is 13.1 Å². The quantitative estimate of drug-likeness (QED) is 0.765. The molecule has 2 atom stereocenters. The number of carbonyl (C=O) groups excluding carboxylic acids is 1. The Hall–Kier alpha value is -2.19. The van der Waals surface area contributed by atoms with Gasteiger partial charge in [-0.05, 0) is 38.9 Å². The average molecular weight is 374 g/mol. The van der Waals surface area contributed by atoms with E-state index in [4.69, 9.17) is 4.74 Å². The number of nitrogens with one attached hydrogen (secondary N) is 2. The van der Waals surface area contributed by atoms with Gasteiger partial charge in [-0.2, -0.15) is 5.10 Å². The van der Waals surface area contributed by atoms with E-state index in [1.165, 1.54) is 6.33 Å². The van der Waals surface area contributed by atoms with Crippen LogP contribution in [0.2, 0.25) is 0 Å². The zero-order valence-electron chi connectivity index (χ0n) is 16.6. The third-order valence-electron chi connectivity index (χ3n) is 5.41. The van der Waals surface area contributed by atoms with Crippen LogP contribution in [0.15, 0.2) is 24.7 Å². The summed E-state index contributed by atoms with van der Waals surface area (Å²) in [6, 6.07) is 3.90. The molecule has 1 aliphatic heterocycles. The van der Waals surface area contributed by atoms with Crippen molar-refractivity contribution in [3.63, 3.8) is 0 Å². The van der Waals surface area contributed by atoms with Crippen LogP contribution in [-0.4, -0.2) is 69.8 Å². The van der Waals surface area contributed by atoms with Gasteiger partial charge < -0.3 is 20.3 Å². The second-order valence-electron chi connectivity index (χ2n) is 7.43. The Kier molecular flexibility index (Phi) is 5.96. The molecule has 8 heteroatoms. The van der Waals surface area contributed by atoms with Crippen molar-refractivity contribution in [1.29, 1.82) is 0 Å². The molecule has 3 rings (SSSR count). The van der Waals surface area contributed by atoms with Crippen molar-refractivity contribution in [3.8, 4) is 0 Å². The number of morpholine rings is 1. The first-order chi connectivity index (χ1) is 13.0. The predicted octanol–water partition coefficient (Wildman–Crippen LogP) is 1.54. The minimum atomic E-state index is -0.437. The van der Waals surface area contributed by atoms with E-state index in [1.54, 1.807) is 4.52 Å². The van der Waals surface area contributed by atoms with Gasteiger partial charge in [-0.15, -0.1) is 0 Å². The van der Waals surface area contributed by atoms with Crippen molar-refractivity contribution in [2.45, 2.75) is 51.4 Å². The smallest absolute Gasteiger partial charge is 0.250 e. The maximum Gasteiger partial charge on any atom is 0.250 e. The van der Waals surface area contributed by atoms with Crippen LogP contribution in [-0.2, 0) is 9.53 Å². The molecule has 27 heavy (non-hydrogen) atoms. The van der Waals surface area contributed by atoms with E-state index in [9.17, 15) is 4.79 Å². The van der Waals surface area contributed by atoms with Gasteiger partial charge in [0.2, 0.25) is 0 Å². The average Bonchev–Trinajstić information content (AvgIpc) is 3.13. The summed E-state index contributed by atoms with van der Waals surface area (Å²) in [5, 5.41) is 10.8. The van der Waals surface area contributed by atoms with Gasteiger partial charge in [0.25, 0.3) is 5.91 Å². The number of ether oxygens (including phenoxy) is 1. The van der Waals surface area contributed by atoms with Crippen LogP contribution in [0.3, 0.4) is 0 Å². The van der Waals surface area contributed by atoms with Gasteiger partial charge in [-0.25, -0.2) is 9.50 Å². The summed E-state index contributed by atoms with van der Waals surface area (Å²) in [6.45, 7) is 8.23. The molecule has 0 aromatic carbocycles. The number of rotatable bonds is 7. The minimum absolute atomic E-state index is 0.0468. The highest BCUT2D eigenvalue weighted by Crippen LogP contribution is 2.20. The molecule has 2 aromatic rings. The van der Waals surface area contributed by atoms with Gasteiger partial charge in [0.05, 0.1) is 11.6 Å². The van der Waals surface area contributed by atoms with E-state index >= 15 is 0 Å². The Morgan fingerprint density at radius 3 is 2.85 bits per heavy atom. The first-order valence-electron chi connectivity index (χ1n) is 9.64. The molecule has 1 fully saturated rings. The number of amides is 1. The monoisotopic (exact) mass is 374 g/mol. The van der Waals surface area contributed by atoms with Crippen LogP contribution in [0.5, 0.6) is 0 Å². The number of nitrogens with zero attached hydrogens (tertiary/aromatic N) is 4. The predicted molar refractivity (Wildman–Crippen MR) is 105 cm³/mol. The molecule has 0 radical (unpaired) electrons. The van der Waals surface area contributed by atoms with Crippen LogP contribution in [0.4, 0.5) is 5.82 Å². The highest BCUT2D eigenvalue weighted by atomic mass is 16.5. The molecule has 0 aliphatic carbocycles. The van der Waals surface area contributed by atoms with Crippen molar-refractivity contribution >= 4 is 17.2 Å². The number of fused-ring (bicyclic) bond motifs is 1. The summed E-state index contributed by atoms with van der Waals surface area (Å²) in [7, 11) is 2.02. The molecule has 0 spiro atoms. The fraction of sp³-hybridized carbons (Fsp3) is 0.632. The van der Waals surface area contributed by atoms with E-state index in [-0.39, 0.29) is 17.6 Å². The third kappa shape index (κ3) is 4.39. The largest absolute Gasteiger partial charge is 0.366 e. The summed E-state index contributed by atoms with van der Waals surface area (Å²) in [5.74, 6) is 0.715. The normalized spacial score (nSPS) is 21.3. The lowest BCUT2D eigenvalue weighted by atomic mass is 9.92. The van der Waals surface area contributed by atoms with Crippen LogP contribution < -0.4 is 10.6 Å². The van der Waals surface area contributed by atoms with Gasteiger partial charge in [0.1, 0.15) is 17.9 Å². The van der Waals surface area contributed by atoms with E-state index < -0.39 is 6.10 Å². The Morgan fingerprint density at radius 2 is 2.15 bits per heavy atom. The zero-order chi connectivity index (χ0) is 19.4. The second-order valence-corrected chi connectivity index (χ2v) is 7.43. The van der Waals surface area contributed by atoms with E-state index in [0.717, 1.165) is 30.7 Å². The number of carbonyl (C=O) groups is 1. The van der Waals surface area contributed by atoms with Gasteiger partial charge in [0.15, 0.2) is 5.82 Å². The fourth-order valence-electron chi connectivity index (χ4n) is 3.63. The Morgan fingerprint density at radius 1 is 1.37 bits per heavy atom. The molecular formula is C19H30N6O2. The molecule has 1 aliphatic rings. The highest BCUT2D eigenvalue weighted by Gasteiger charge is 2.34. The number of hydrogen-bond acceptors (Lipinski definition) is 6. The first kappa shape index (κ1) is 19.6. The fourth-order valence-corrected chi connectivity index (χ4v) is 3.63. The standard InChI is InChI=1S/C19H30N6O2/c1-5-19(6-2,23-18(26)16-11-24(4)10-14(3)27-16)12-20-17-15-8-7-9-25(15)22-13-21-17/h7-9,13-14,16H,5-6,10-12H2,1-4H3,(H,23,26)(H,20,21,22). The van der Waals surface area contributed by atoms with Crippen LogP contribution in [0.25, 0.3) is 5.52 Å². The molecule has 8 nitrogen and oxygen atoms in total. The van der Waals surface area contributed by atoms with Gasteiger partial charge in [-0.1, -0.05) is 13.8 Å². The molecule has 0 bridgehead atoms. The summed E-state index contributed by atoms with van der Waals surface area (Å²) >= 11 is 0. The van der Waals surface area contributed by atoms with Crippen LogP contribution >= 0.6 is 0 Å². The highest BCUT2D eigenvalue weighted by molar-refractivity contribution is 5.82. The number of hydrogen-bond donors (Lipinski definition) is 2. The molecule has 2 unspecified atom stereocenters. The molecule has 1 saturated heterocycles. The summed E-state index contributed by atoms with van der Waals surface area (Å²) in [6.07, 6.45) is 4.65. The summed E-state index contributed by atoms with van der Waals surface area (Å²) in [5.41, 5.74) is 0.546. The molecule has 2 N–H and O–H groups in total. The van der Waals surface area contributed by atoms with Crippen LogP contribution in [0, 0.1) is 0 Å². The van der Waals surface area contributed by atoms with Crippen molar-refractivity contribution < 1.29 is 9.53 Å². The summed E-state index contributed by atoms with van der Waals surface area (Å²) < 4.78 is 7.64. The van der Waals surface area contributed by atoms with Crippen LogP contribution in [0.1, 0.15) is 33.6 Å². The molecule has 148 valence electrons. The number of likely N-dealkylation sites (N-methyl/N-ethyl adjacent to an activating group) is 1. The Labute approximate surface area is 160 Å². The van der Waals surface area contributed by atoms with Gasteiger partial charge >= 0.3 is 0 Å². The van der Waals surface area contributed by atoms with E-state index in [1.807, 2.05) is 32.3 Å². The van der Waals surface area contributed by atoms with Crippen molar-refractivity contribution in [2.24, 2.45) is 0 Å². The van der Waals surface area contributed by atoms with Crippen molar-refractivity contribution in [3.05, 3.63) is 24.7 Å². The van der Waals surface area contributed by atoms with Crippen molar-refractivity contribution in [2.75, 3.05) is 32.0 Å². The maximum absolute atomic E-state index is 12.9. The number of aromatic nitrogens is 3. The third-order valence-corrected chi connectivity index (χ3v) is 5.41. The SMILES string of the molecule is CCC(CC)(CNc1ncnn2cccc12)NC(=O)C1CN(C)CC(C)O1. The van der Waals surface area contributed by atoms with E-state index in [2.05, 4.69) is 39.5 Å². The second kappa shape index (κ2) is 8.22.